The number of nitrogens with one attached hydrogen (secondary N) is 1. The molecule has 0 radical (unpaired) electrons. The minimum absolute atomic E-state index is 0.249. The van der Waals surface area contributed by atoms with Crippen LogP contribution in [0, 0.1) is 0 Å². The molecule has 0 saturated heterocycles. The summed E-state index contributed by atoms with van der Waals surface area (Å²) in [6.45, 7) is 0.158. The zero-order chi connectivity index (χ0) is 7.11. The van der Waals surface area contributed by atoms with E-state index in [-0.39, 0.29) is 6.61 Å². The van der Waals surface area contributed by atoms with Gasteiger partial charge in [-0.05, 0) is 6.42 Å². The largest absolute Gasteiger partial charge is 0.394 e. The molecule has 0 aromatic heterocycles. The standard InChI is InChI=1S/C5H11NO3/c7-3-5(9)1-2-6-4-8/h4-5,7,9H,1-3H2,(H,6,8)/t5-/m1/s1. The van der Waals surface area contributed by atoms with Gasteiger partial charge < -0.3 is 15.5 Å². The molecule has 0 aliphatic rings. The van der Waals surface area contributed by atoms with E-state index in [4.69, 9.17) is 10.2 Å². The Morgan fingerprint density at radius 2 is 2.33 bits per heavy atom. The molecule has 0 aliphatic carbocycles. The van der Waals surface area contributed by atoms with Crippen molar-refractivity contribution in [3.8, 4) is 0 Å². The van der Waals surface area contributed by atoms with Gasteiger partial charge in [-0.3, -0.25) is 4.79 Å². The average molecular weight is 133 g/mol. The maximum absolute atomic E-state index is 9.62. The van der Waals surface area contributed by atoms with E-state index in [2.05, 4.69) is 5.32 Å². The van der Waals surface area contributed by atoms with Crippen LogP contribution in [0.5, 0.6) is 0 Å². The van der Waals surface area contributed by atoms with Crippen molar-refractivity contribution in [2.45, 2.75) is 12.5 Å². The highest BCUT2D eigenvalue weighted by Crippen LogP contribution is 1.85. The lowest BCUT2D eigenvalue weighted by Gasteiger charge is -2.03. The first-order valence-electron chi connectivity index (χ1n) is 2.77. The number of amides is 1. The zero-order valence-corrected chi connectivity index (χ0v) is 5.08. The Bertz CT molecular complexity index is 76.6. The molecule has 4 heteroatoms. The van der Waals surface area contributed by atoms with Crippen LogP contribution in [0.2, 0.25) is 0 Å². The molecule has 0 spiro atoms. The van der Waals surface area contributed by atoms with Gasteiger partial charge in [-0.15, -0.1) is 0 Å². The van der Waals surface area contributed by atoms with Gasteiger partial charge in [0.15, 0.2) is 0 Å². The summed E-state index contributed by atoms with van der Waals surface area (Å²) in [5.41, 5.74) is 0. The summed E-state index contributed by atoms with van der Waals surface area (Å²) in [7, 11) is 0. The Labute approximate surface area is 53.5 Å². The maximum Gasteiger partial charge on any atom is 0.207 e. The molecule has 54 valence electrons. The molecule has 0 rings (SSSR count). The second-order valence-corrected chi connectivity index (χ2v) is 1.70. The van der Waals surface area contributed by atoms with E-state index < -0.39 is 6.10 Å². The Morgan fingerprint density at radius 3 is 2.78 bits per heavy atom. The van der Waals surface area contributed by atoms with Crippen molar-refractivity contribution in [1.29, 1.82) is 0 Å². The number of hydrogen-bond donors (Lipinski definition) is 3. The molecule has 0 bridgehead atoms. The van der Waals surface area contributed by atoms with Crippen LogP contribution in [0.15, 0.2) is 0 Å². The van der Waals surface area contributed by atoms with Crippen molar-refractivity contribution < 1.29 is 15.0 Å². The molecule has 4 nitrogen and oxygen atoms in total. The van der Waals surface area contributed by atoms with Crippen LogP contribution in [-0.4, -0.2) is 35.9 Å². The van der Waals surface area contributed by atoms with Gasteiger partial charge in [0, 0.05) is 6.54 Å². The van der Waals surface area contributed by atoms with Crippen molar-refractivity contribution >= 4 is 6.41 Å². The van der Waals surface area contributed by atoms with Crippen molar-refractivity contribution in [3.05, 3.63) is 0 Å². The van der Waals surface area contributed by atoms with E-state index in [1.165, 1.54) is 0 Å². The van der Waals surface area contributed by atoms with Crippen LogP contribution in [0.1, 0.15) is 6.42 Å². The van der Waals surface area contributed by atoms with Gasteiger partial charge in [0.2, 0.25) is 6.41 Å². The van der Waals surface area contributed by atoms with Gasteiger partial charge in [0.1, 0.15) is 0 Å². The first-order chi connectivity index (χ1) is 4.31. The first kappa shape index (κ1) is 8.39. The fourth-order valence-electron chi connectivity index (χ4n) is 0.400. The summed E-state index contributed by atoms with van der Waals surface area (Å²) in [6, 6.07) is 0. The van der Waals surface area contributed by atoms with Crippen LogP contribution in [0.3, 0.4) is 0 Å². The Morgan fingerprint density at radius 1 is 1.67 bits per heavy atom. The normalized spacial score (nSPS) is 12.7. The summed E-state index contributed by atoms with van der Waals surface area (Å²) in [5.74, 6) is 0. The fraction of sp³-hybridized carbons (Fsp3) is 0.800. The van der Waals surface area contributed by atoms with Gasteiger partial charge >= 0.3 is 0 Å². The minimum atomic E-state index is -0.711. The second-order valence-electron chi connectivity index (χ2n) is 1.70. The monoisotopic (exact) mass is 133 g/mol. The first-order valence-corrected chi connectivity index (χ1v) is 2.77. The Balaban J connectivity index is 2.96. The third-order valence-corrected chi connectivity index (χ3v) is 0.916. The van der Waals surface area contributed by atoms with Gasteiger partial charge in [0.25, 0.3) is 0 Å². The maximum atomic E-state index is 9.62. The molecular weight excluding hydrogens is 122 g/mol. The van der Waals surface area contributed by atoms with Crippen LogP contribution in [0.25, 0.3) is 0 Å². The van der Waals surface area contributed by atoms with E-state index in [0.29, 0.717) is 19.4 Å². The summed E-state index contributed by atoms with van der Waals surface area (Å²) >= 11 is 0. The van der Waals surface area contributed by atoms with Gasteiger partial charge in [-0.1, -0.05) is 0 Å². The van der Waals surface area contributed by atoms with E-state index in [9.17, 15) is 4.79 Å². The molecule has 1 amide bonds. The van der Waals surface area contributed by atoms with Crippen LogP contribution in [-0.2, 0) is 4.79 Å². The van der Waals surface area contributed by atoms with Gasteiger partial charge in [-0.25, -0.2) is 0 Å². The predicted octanol–water partition coefficient (Wildman–Crippen LogP) is -1.52. The lowest BCUT2D eigenvalue weighted by Crippen LogP contribution is -2.21. The van der Waals surface area contributed by atoms with Crippen molar-refractivity contribution in [2.24, 2.45) is 0 Å². The molecule has 0 heterocycles. The summed E-state index contributed by atoms with van der Waals surface area (Å²) in [5, 5.41) is 19.3. The topological polar surface area (TPSA) is 69.6 Å². The second kappa shape index (κ2) is 5.53. The van der Waals surface area contributed by atoms with Crippen molar-refractivity contribution in [3.63, 3.8) is 0 Å². The van der Waals surface area contributed by atoms with E-state index >= 15 is 0 Å². The molecule has 9 heavy (non-hydrogen) atoms. The number of rotatable bonds is 5. The number of aliphatic hydroxyl groups is 2. The van der Waals surface area contributed by atoms with Crippen molar-refractivity contribution in [1.82, 2.24) is 5.32 Å². The van der Waals surface area contributed by atoms with E-state index in [0.717, 1.165) is 0 Å². The molecule has 0 aromatic carbocycles. The molecular formula is C5H11NO3. The SMILES string of the molecule is O=CNCC[C@@H](O)CO. The number of aliphatic hydroxyl groups excluding tert-OH is 2. The molecule has 3 N–H and O–H groups in total. The Kier molecular flexibility index (Phi) is 5.15. The lowest BCUT2D eigenvalue weighted by atomic mass is 10.3. The minimum Gasteiger partial charge on any atom is -0.394 e. The van der Waals surface area contributed by atoms with Crippen molar-refractivity contribution in [2.75, 3.05) is 13.2 Å². The quantitative estimate of drug-likeness (QED) is 0.315. The van der Waals surface area contributed by atoms with Crippen LogP contribution >= 0.6 is 0 Å². The van der Waals surface area contributed by atoms with E-state index in [1.807, 2.05) is 0 Å². The summed E-state index contributed by atoms with van der Waals surface area (Å²) < 4.78 is 0. The van der Waals surface area contributed by atoms with Crippen LogP contribution in [0.4, 0.5) is 0 Å². The molecule has 0 aliphatic heterocycles. The van der Waals surface area contributed by atoms with Gasteiger partial charge in [-0.2, -0.15) is 0 Å². The lowest BCUT2D eigenvalue weighted by molar-refractivity contribution is -0.109. The molecule has 0 unspecified atom stereocenters. The average Bonchev–Trinajstić information content (AvgIpc) is 1.89. The molecule has 0 aromatic rings. The van der Waals surface area contributed by atoms with Gasteiger partial charge in [0.05, 0.1) is 12.7 Å². The fourth-order valence-corrected chi connectivity index (χ4v) is 0.400. The molecule has 0 saturated carbocycles. The van der Waals surface area contributed by atoms with E-state index in [1.54, 1.807) is 0 Å². The highest BCUT2D eigenvalue weighted by molar-refractivity contribution is 5.45. The number of carbonyl (C=O) groups is 1. The smallest absolute Gasteiger partial charge is 0.207 e. The highest BCUT2D eigenvalue weighted by atomic mass is 16.3. The Hall–Kier alpha value is -0.610. The molecule has 0 fully saturated rings. The highest BCUT2D eigenvalue weighted by Gasteiger charge is 1.98. The van der Waals surface area contributed by atoms with Crippen LogP contribution < -0.4 is 5.32 Å². The number of carbonyl (C=O) groups excluding carboxylic acids is 1. The third-order valence-electron chi connectivity index (χ3n) is 0.916. The summed E-state index contributed by atoms with van der Waals surface area (Å²) in [4.78, 5) is 9.62. The number of hydrogen-bond acceptors (Lipinski definition) is 3. The molecule has 1 atom stereocenters. The summed E-state index contributed by atoms with van der Waals surface area (Å²) in [6.07, 6.45) is 0.247. The predicted molar refractivity (Wildman–Crippen MR) is 31.8 cm³/mol. The zero-order valence-electron chi connectivity index (χ0n) is 5.08. The third kappa shape index (κ3) is 5.26.